The van der Waals surface area contributed by atoms with Crippen LogP contribution in [0, 0.1) is 5.92 Å². The van der Waals surface area contributed by atoms with E-state index < -0.39 is 0 Å². The van der Waals surface area contributed by atoms with E-state index in [2.05, 4.69) is 33.5 Å². The molecule has 92 valence electrons. The zero-order chi connectivity index (χ0) is 12.3. The Kier molecular flexibility index (Phi) is 4.18. The SMILES string of the molecule is CCC1CC1NCC(=O)Nc1ccccc1Br. The first kappa shape index (κ1) is 12.6. The highest BCUT2D eigenvalue weighted by Gasteiger charge is 2.34. The van der Waals surface area contributed by atoms with Crippen LogP contribution in [-0.4, -0.2) is 18.5 Å². The number of hydrogen-bond acceptors (Lipinski definition) is 2. The number of para-hydroxylation sites is 1. The van der Waals surface area contributed by atoms with Gasteiger partial charge in [-0.2, -0.15) is 0 Å². The summed E-state index contributed by atoms with van der Waals surface area (Å²) in [6, 6.07) is 8.17. The van der Waals surface area contributed by atoms with E-state index in [4.69, 9.17) is 0 Å². The van der Waals surface area contributed by atoms with E-state index in [0.717, 1.165) is 16.1 Å². The van der Waals surface area contributed by atoms with Crippen LogP contribution in [0.5, 0.6) is 0 Å². The van der Waals surface area contributed by atoms with Gasteiger partial charge in [0, 0.05) is 10.5 Å². The molecule has 0 saturated heterocycles. The van der Waals surface area contributed by atoms with Crippen LogP contribution in [0.15, 0.2) is 28.7 Å². The van der Waals surface area contributed by atoms with Gasteiger partial charge in [0.1, 0.15) is 0 Å². The molecule has 1 fully saturated rings. The van der Waals surface area contributed by atoms with Crippen LogP contribution < -0.4 is 10.6 Å². The number of hydrogen-bond donors (Lipinski definition) is 2. The summed E-state index contributed by atoms with van der Waals surface area (Å²) in [7, 11) is 0. The maximum absolute atomic E-state index is 11.7. The van der Waals surface area contributed by atoms with Gasteiger partial charge in [-0.1, -0.05) is 25.5 Å². The van der Waals surface area contributed by atoms with Crippen LogP contribution in [0.4, 0.5) is 5.69 Å². The molecule has 4 heteroatoms. The van der Waals surface area contributed by atoms with Crippen LogP contribution in [0.25, 0.3) is 0 Å². The molecule has 0 heterocycles. The van der Waals surface area contributed by atoms with Crippen molar-refractivity contribution in [1.82, 2.24) is 5.32 Å². The molecule has 0 spiro atoms. The summed E-state index contributed by atoms with van der Waals surface area (Å²) in [5.41, 5.74) is 0.821. The third kappa shape index (κ3) is 3.54. The van der Waals surface area contributed by atoms with Gasteiger partial charge in [-0.15, -0.1) is 0 Å². The Morgan fingerprint density at radius 1 is 1.47 bits per heavy atom. The quantitative estimate of drug-likeness (QED) is 0.877. The first-order valence-electron chi connectivity index (χ1n) is 5.98. The van der Waals surface area contributed by atoms with Gasteiger partial charge in [-0.25, -0.2) is 0 Å². The Bertz CT molecular complexity index is 408. The summed E-state index contributed by atoms with van der Waals surface area (Å²) >= 11 is 3.40. The molecule has 1 aliphatic carbocycles. The molecule has 2 rings (SSSR count). The van der Waals surface area contributed by atoms with Gasteiger partial charge < -0.3 is 10.6 Å². The first-order valence-corrected chi connectivity index (χ1v) is 6.77. The van der Waals surface area contributed by atoms with Crippen LogP contribution >= 0.6 is 15.9 Å². The fourth-order valence-electron chi connectivity index (χ4n) is 1.93. The second kappa shape index (κ2) is 5.65. The van der Waals surface area contributed by atoms with Crippen molar-refractivity contribution in [2.24, 2.45) is 5.92 Å². The third-order valence-corrected chi connectivity index (χ3v) is 3.81. The lowest BCUT2D eigenvalue weighted by molar-refractivity contribution is -0.115. The minimum absolute atomic E-state index is 0.0126. The van der Waals surface area contributed by atoms with Crippen molar-refractivity contribution in [3.63, 3.8) is 0 Å². The number of carbonyl (C=O) groups is 1. The number of nitrogens with one attached hydrogen (secondary N) is 2. The van der Waals surface area contributed by atoms with Crippen molar-refractivity contribution >= 4 is 27.5 Å². The second-order valence-electron chi connectivity index (χ2n) is 4.42. The van der Waals surface area contributed by atoms with Crippen molar-refractivity contribution in [2.75, 3.05) is 11.9 Å². The van der Waals surface area contributed by atoms with Gasteiger partial charge in [0.2, 0.25) is 5.91 Å². The summed E-state index contributed by atoms with van der Waals surface area (Å²) in [4.78, 5) is 11.7. The number of anilines is 1. The van der Waals surface area contributed by atoms with Crippen molar-refractivity contribution < 1.29 is 4.79 Å². The van der Waals surface area contributed by atoms with Gasteiger partial charge in [0.05, 0.1) is 12.2 Å². The molecule has 17 heavy (non-hydrogen) atoms. The Labute approximate surface area is 110 Å². The molecule has 2 N–H and O–H groups in total. The van der Waals surface area contributed by atoms with E-state index in [-0.39, 0.29) is 5.91 Å². The predicted molar refractivity (Wildman–Crippen MR) is 73.0 cm³/mol. The van der Waals surface area contributed by atoms with E-state index in [0.29, 0.717) is 12.6 Å². The molecule has 0 aliphatic heterocycles. The summed E-state index contributed by atoms with van der Waals surface area (Å²) in [6.45, 7) is 2.58. The Hall–Kier alpha value is -0.870. The standard InChI is InChI=1S/C13H17BrN2O/c1-2-9-7-12(9)15-8-13(17)16-11-6-4-3-5-10(11)14/h3-6,9,12,15H,2,7-8H2,1H3,(H,16,17). The molecule has 1 aliphatic rings. The Morgan fingerprint density at radius 2 is 2.24 bits per heavy atom. The van der Waals surface area contributed by atoms with Gasteiger partial charge >= 0.3 is 0 Å². The van der Waals surface area contributed by atoms with Crippen LogP contribution in [-0.2, 0) is 4.79 Å². The molecule has 3 nitrogen and oxygen atoms in total. The minimum Gasteiger partial charge on any atom is -0.324 e. The molecule has 1 aromatic rings. The highest BCUT2D eigenvalue weighted by atomic mass is 79.9. The fraction of sp³-hybridized carbons (Fsp3) is 0.462. The summed E-state index contributed by atoms with van der Waals surface area (Å²) in [5, 5.41) is 6.15. The smallest absolute Gasteiger partial charge is 0.238 e. The third-order valence-electron chi connectivity index (χ3n) is 3.12. The highest BCUT2D eigenvalue weighted by Crippen LogP contribution is 2.32. The zero-order valence-electron chi connectivity index (χ0n) is 9.87. The summed E-state index contributed by atoms with van der Waals surface area (Å²) in [6.07, 6.45) is 2.41. The first-order chi connectivity index (χ1) is 8.20. The second-order valence-corrected chi connectivity index (χ2v) is 5.27. The van der Waals surface area contributed by atoms with Gasteiger partial charge in [-0.3, -0.25) is 4.79 Å². The lowest BCUT2D eigenvalue weighted by atomic mass is 10.3. The van der Waals surface area contributed by atoms with Crippen molar-refractivity contribution in [3.8, 4) is 0 Å². The van der Waals surface area contributed by atoms with Crippen molar-refractivity contribution in [3.05, 3.63) is 28.7 Å². The van der Waals surface area contributed by atoms with E-state index in [1.807, 2.05) is 24.3 Å². The predicted octanol–water partition coefficient (Wildman–Crippen LogP) is 2.78. The van der Waals surface area contributed by atoms with Gasteiger partial charge in [0.25, 0.3) is 0 Å². The highest BCUT2D eigenvalue weighted by molar-refractivity contribution is 9.10. The van der Waals surface area contributed by atoms with Crippen molar-refractivity contribution in [1.29, 1.82) is 0 Å². The van der Waals surface area contributed by atoms with E-state index in [1.54, 1.807) is 0 Å². The number of halogens is 1. The molecule has 0 aromatic heterocycles. The topological polar surface area (TPSA) is 41.1 Å². The zero-order valence-corrected chi connectivity index (χ0v) is 11.5. The van der Waals surface area contributed by atoms with E-state index in [9.17, 15) is 4.79 Å². The molecule has 2 atom stereocenters. The van der Waals surface area contributed by atoms with Crippen LogP contribution in [0.3, 0.4) is 0 Å². The van der Waals surface area contributed by atoms with E-state index >= 15 is 0 Å². The molecule has 0 bridgehead atoms. The summed E-state index contributed by atoms with van der Waals surface area (Å²) < 4.78 is 0.909. The number of rotatable bonds is 5. The Balaban J connectivity index is 1.76. The van der Waals surface area contributed by atoms with Gasteiger partial charge in [-0.05, 0) is 40.4 Å². The molecule has 0 radical (unpaired) electrons. The largest absolute Gasteiger partial charge is 0.324 e. The maximum Gasteiger partial charge on any atom is 0.238 e. The number of amides is 1. The molecule has 2 unspecified atom stereocenters. The molecular weight excluding hydrogens is 280 g/mol. The molecular formula is C13H17BrN2O. The Morgan fingerprint density at radius 3 is 2.88 bits per heavy atom. The molecule has 1 amide bonds. The van der Waals surface area contributed by atoms with Crippen molar-refractivity contribution in [2.45, 2.75) is 25.8 Å². The normalized spacial score (nSPS) is 22.2. The number of carbonyl (C=O) groups excluding carboxylic acids is 1. The minimum atomic E-state index is 0.0126. The maximum atomic E-state index is 11.7. The number of benzene rings is 1. The van der Waals surface area contributed by atoms with Gasteiger partial charge in [0.15, 0.2) is 0 Å². The fourth-order valence-corrected chi connectivity index (χ4v) is 2.31. The van der Waals surface area contributed by atoms with E-state index in [1.165, 1.54) is 12.8 Å². The lowest BCUT2D eigenvalue weighted by Crippen LogP contribution is -2.30. The van der Waals surface area contributed by atoms with Crippen LogP contribution in [0.2, 0.25) is 0 Å². The monoisotopic (exact) mass is 296 g/mol. The lowest BCUT2D eigenvalue weighted by Gasteiger charge is -2.07. The average molecular weight is 297 g/mol. The molecule has 1 aromatic carbocycles. The molecule has 1 saturated carbocycles. The van der Waals surface area contributed by atoms with Crippen LogP contribution in [0.1, 0.15) is 19.8 Å². The average Bonchev–Trinajstić information content (AvgIpc) is 3.08. The summed E-state index contributed by atoms with van der Waals surface area (Å²) in [5.74, 6) is 0.782.